The fraction of sp³-hybridized carbons (Fsp3) is 0.300. The molecule has 1 aliphatic rings. The van der Waals surface area contributed by atoms with Crippen LogP contribution in [0, 0.1) is 0 Å². The number of amidine groups is 1. The second-order valence-electron chi connectivity index (χ2n) is 3.09. The monoisotopic (exact) mass is 270 g/mol. The number of carbonyl (C=O) groups is 1. The molecule has 1 heterocycles. The van der Waals surface area contributed by atoms with Crippen LogP contribution in [-0.2, 0) is 4.79 Å². The van der Waals surface area contributed by atoms with Crippen LogP contribution in [0.1, 0.15) is 0 Å². The van der Waals surface area contributed by atoms with Crippen molar-refractivity contribution in [3.63, 3.8) is 0 Å². The van der Waals surface area contributed by atoms with Crippen LogP contribution in [0.5, 0.6) is 0 Å². The molecule has 2 N–H and O–H groups in total. The van der Waals surface area contributed by atoms with Crippen molar-refractivity contribution >= 4 is 40.2 Å². The maximum absolute atomic E-state index is 11.5. The number of amides is 1. The van der Waals surface area contributed by atoms with Crippen LogP contribution in [0.2, 0.25) is 0 Å². The van der Waals surface area contributed by atoms with Crippen LogP contribution in [0.3, 0.4) is 0 Å². The number of hydrogen-bond donors (Lipinski definition) is 2. The molecule has 1 rings (SSSR count). The lowest BCUT2D eigenvalue weighted by molar-refractivity contribution is -0.123. The standard InChI is InChI=1S/C10H14N4OS2/c1-3-5-11-9(16)12-13-10-14(6-4-2)8(15)7-17-10/h3-4H,1-2,5-7H2,(H2,11,12,16)/b13-10-. The molecule has 0 saturated carbocycles. The number of hydrazone groups is 1. The fourth-order valence-corrected chi connectivity index (χ4v) is 2.07. The Morgan fingerprint density at radius 1 is 1.59 bits per heavy atom. The second kappa shape index (κ2) is 7.08. The van der Waals surface area contributed by atoms with Gasteiger partial charge in [-0.3, -0.25) is 15.1 Å². The number of nitrogens with zero attached hydrogens (tertiary/aromatic N) is 2. The average molecular weight is 270 g/mol. The smallest absolute Gasteiger partial charge is 0.239 e. The van der Waals surface area contributed by atoms with Crippen LogP contribution < -0.4 is 10.7 Å². The van der Waals surface area contributed by atoms with E-state index in [0.717, 1.165) is 0 Å². The summed E-state index contributed by atoms with van der Waals surface area (Å²) in [6, 6.07) is 0. The van der Waals surface area contributed by atoms with E-state index in [1.165, 1.54) is 11.8 Å². The zero-order valence-corrected chi connectivity index (χ0v) is 10.9. The van der Waals surface area contributed by atoms with Crippen molar-refractivity contribution in [3.8, 4) is 0 Å². The number of carbonyl (C=O) groups excluding carboxylic acids is 1. The van der Waals surface area contributed by atoms with Crippen molar-refractivity contribution in [2.45, 2.75) is 0 Å². The average Bonchev–Trinajstić information content (AvgIpc) is 2.66. The SMILES string of the molecule is C=CCNC(=S)N/N=C1\SCC(=O)N1CC=C. The summed E-state index contributed by atoms with van der Waals surface area (Å²) in [7, 11) is 0. The Morgan fingerprint density at radius 2 is 2.35 bits per heavy atom. The molecule has 1 fully saturated rings. The van der Waals surface area contributed by atoms with E-state index in [1.807, 2.05) is 0 Å². The van der Waals surface area contributed by atoms with Crippen LogP contribution in [0.25, 0.3) is 0 Å². The van der Waals surface area contributed by atoms with Crippen LogP contribution in [0.4, 0.5) is 0 Å². The van der Waals surface area contributed by atoms with E-state index in [-0.39, 0.29) is 5.91 Å². The molecule has 5 nitrogen and oxygen atoms in total. The topological polar surface area (TPSA) is 56.7 Å². The van der Waals surface area contributed by atoms with Crippen molar-refractivity contribution in [3.05, 3.63) is 25.3 Å². The van der Waals surface area contributed by atoms with Gasteiger partial charge in [0.1, 0.15) is 0 Å². The van der Waals surface area contributed by atoms with Gasteiger partial charge in [-0.2, -0.15) is 0 Å². The molecule has 1 saturated heterocycles. The number of thioether (sulfide) groups is 1. The van der Waals surface area contributed by atoms with Crippen molar-refractivity contribution in [1.82, 2.24) is 15.6 Å². The molecule has 0 aromatic rings. The van der Waals surface area contributed by atoms with Gasteiger partial charge >= 0.3 is 0 Å². The molecular weight excluding hydrogens is 256 g/mol. The summed E-state index contributed by atoms with van der Waals surface area (Å²) >= 11 is 6.35. The van der Waals surface area contributed by atoms with Gasteiger partial charge in [0.2, 0.25) is 5.91 Å². The highest BCUT2D eigenvalue weighted by atomic mass is 32.2. The minimum absolute atomic E-state index is 0.0282. The summed E-state index contributed by atoms with van der Waals surface area (Å²) in [6.07, 6.45) is 3.35. The summed E-state index contributed by atoms with van der Waals surface area (Å²) in [5.41, 5.74) is 2.68. The zero-order chi connectivity index (χ0) is 12.7. The summed E-state index contributed by atoms with van der Waals surface area (Å²) in [6.45, 7) is 8.19. The molecule has 0 spiro atoms. The Balaban J connectivity index is 2.53. The van der Waals surface area contributed by atoms with Gasteiger partial charge in [-0.05, 0) is 12.2 Å². The Hall–Kier alpha value is -1.34. The third kappa shape index (κ3) is 4.20. The molecule has 1 aliphatic heterocycles. The van der Waals surface area contributed by atoms with E-state index in [4.69, 9.17) is 12.2 Å². The first-order valence-corrected chi connectivity index (χ1v) is 6.35. The van der Waals surface area contributed by atoms with E-state index < -0.39 is 0 Å². The number of nitrogens with one attached hydrogen (secondary N) is 2. The van der Waals surface area contributed by atoms with Gasteiger partial charge in [-0.25, -0.2) is 0 Å². The van der Waals surface area contributed by atoms with E-state index in [2.05, 4.69) is 29.0 Å². The van der Waals surface area contributed by atoms with Crippen LogP contribution >= 0.6 is 24.0 Å². The minimum Gasteiger partial charge on any atom is -0.358 e. The molecule has 7 heteroatoms. The molecule has 17 heavy (non-hydrogen) atoms. The first-order chi connectivity index (χ1) is 8.19. The lowest BCUT2D eigenvalue weighted by Gasteiger charge is -2.13. The lowest BCUT2D eigenvalue weighted by Crippen LogP contribution is -2.35. The number of thiocarbonyl (C=S) groups is 1. The zero-order valence-electron chi connectivity index (χ0n) is 9.31. The van der Waals surface area contributed by atoms with Gasteiger partial charge in [-0.1, -0.05) is 23.9 Å². The maximum Gasteiger partial charge on any atom is 0.239 e. The van der Waals surface area contributed by atoms with Gasteiger partial charge in [0.25, 0.3) is 0 Å². The highest BCUT2D eigenvalue weighted by molar-refractivity contribution is 8.15. The Bertz CT molecular complexity index is 367. The molecule has 0 bridgehead atoms. The Labute approximate surface area is 110 Å². The summed E-state index contributed by atoms with van der Waals surface area (Å²) < 4.78 is 0. The van der Waals surface area contributed by atoms with E-state index in [9.17, 15) is 4.79 Å². The van der Waals surface area contributed by atoms with Crippen molar-refractivity contribution < 1.29 is 4.79 Å². The number of hydrogen-bond acceptors (Lipinski definition) is 4. The third-order valence-corrected chi connectivity index (χ3v) is 3.03. The lowest BCUT2D eigenvalue weighted by atomic mass is 10.5. The molecule has 0 atom stereocenters. The third-order valence-electron chi connectivity index (χ3n) is 1.83. The minimum atomic E-state index is 0.0282. The molecule has 0 aliphatic carbocycles. The fourth-order valence-electron chi connectivity index (χ4n) is 1.09. The van der Waals surface area contributed by atoms with Gasteiger partial charge in [0.05, 0.1) is 5.75 Å². The predicted molar refractivity (Wildman–Crippen MR) is 75.7 cm³/mol. The molecule has 0 unspecified atom stereocenters. The first kappa shape index (κ1) is 13.7. The highest BCUT2D eigenvalue weighted by Gasteiger charge is 2.27. The quantitative estimate of drug-likeness (QED) is 0.437. The maximum atomic E-state index is 11.5. The molecule has 0 radical (unpaired) electrons. The summed E-state index contributed by atoms with van der Waals surface area (Å²) in [4.78, 5) is 13.0. The molecular formula is C10H14N4OS2. The van der Waals surface area contributed by atoms with Gasteiger partial charge in [0, 0.05) is 13.1 Å². The van der Waals surface area contributed by atoms with Gasteiger partial charge < -0.3 is 5.32 Å². The van der Waals surface area contributed by atoms with Crippen LogP contribution in [-0.4, -0.2) is 39.9 Å². The molecule has 1 amide bonds. The van der Waals surface area contributed by atoms with E-state index in [1.54, 1.807) is 17.1 Å². The summed E-state index contributed by atoms with van der Waals surface area (Å²) in [5.74, 6) is 0.432. The van der Waals surface area contributed by atoms with Crippen LogP contribution in [0.15, 0.2) is 30.4 Å². The second-order valence-corrected chi connectivity index (χ2v) is 4.44. The van der Waals surface area contributed by atoms with E-state index in [0.29, 0.717) is 29.1 Å². The van der Waals surface area contributed by atoms with Crippen molar-refractivity contribution in [2.75, 3.05) is 18.8 Å². The van der Waals surface area contributed by atoms with Crippen molar-refractivity contribution in [2.24, 2.45) is 5.10 Å². The first-order valence-electron chi connectivity index (χ1n) is 4.95. The number of rotatable bonds is 5. The largest absolute Gasteiger partial charge is 0.358 e. The predicted octanol–water partition coefficient (Wildman–Crippen LogP) is 0.669. The Morgan fingerprint density at radius 3 is 3.00 bits per heavy atom. The highest BCUT2D eigenvalue weighted by Crippen LogP contribution is 2.18. The van der Waals surface area contributed by atoms with E-state index >= 15 is 0 Å². The molecule has 0 aromatic carbocycles. The Kier molecular flexibility index (Phi) is 5.71. The molecule has 0 aromatic heterocycles. The molecule has 92 valence electrons. The normalized spacial score (nSPS) is 17.1. The van der Waals surface area contributed by atoms with Gasteiger partial charge in [0.15, 0.2) is 10.3 Å². The van der Waals surface area contributed by atoms with Crippen molar-refractivity contribution in [1.29, 1.82) is 0 Å². The summed E-state index contributed by atoms with van der Waals surface area (Å²) in [5, 5.41) is 7.96. The van der Waals surface area contributed by atoms with Gasteiger partial charge in [-0.15, -0.1) is 18.3 Å².